The summed E-state index contributed by atoms with van der Waals surface area (Å²) in [6, 6.07) is 9.43. The molecule has 0 unspecified atom stereocenters. The van der Waals surface area contributed by atoms with Crippen LogP contribution >= 0.6 is 0 Å². The quantitative estimate of drug-likeness (QED) is 0.530. The lowest BCUT2D eigenvalue weighted by Crippen LogP contribution is -2.00. The Hall–Kier alpha value is -2.14. The summed E-state index contributed by atoms with van der Waals surface area (Å²) in [4.78, 5) is 8.63. The fourth-order valence-electron chi connectivity index (χ4n) is 1.89. The zero-order valence-corrected chi connectivity index (χ0v) is 8.87. The van der Waals surface area contributed by atoms with E-state index in [1.165, 1.54) is 0 Å². The van der Waals surface area contributed by atoms with Crippen molar-refractivity contribution in [3.63, 3.8) is 0 Å². The number of pyridine rings is 2. The summed E-state index contributed by atoms with van der Waals surface area (Å²) in [6.45, 7) is 0. The number of rotatable bonds is 2. The molecule has 1 aromatic carbocycles. The van der Waals surface area contributed by atoms with Crippen molar-refractivity contribution in [3.8, 4) is 5.75 Å². The van der Waals surface area contributed by atoms with Gasteiger partial charge in [-0.1, -0.05) is 12.1 Å². The van der Waals surface area contributed by atoms with Crippen LogP contribution in [-0.4, -0.2) is 22.7 Å². The molecule has 0 bridgehead atoms. The standard InChI is InChI=1S/C12H8BN2O2/c16-13-17-10-5-7-15-12-9(10)4-3-8-2-1-6-14-11(8)12/h1-7,16H. The van der Waals surface area contributed by atoms with Gasteiger partial charge in [0.25, 0.3) is 0 Å². The van der Waals surface area contributed by atoms with Crippen molar-refractivity contribution < 1.29 is 9.68 Å². The van der Waals surface area contributed by atoms with Gasteiger partial charge in [-0.05, 0) is 18.2 Å². The van der Waals surface area contributed by atoms with Crippen LogP contribution in [0.25, 0.3) is 21.8 Å². The first-order valence-corrected chi connectivity index (χ1v) is 5.15. The summed E-state index contributed by atoms with van der Waals surface area (Å²) in [5, 5.41) is 10.6. The van der Waals surface area contributed by atoms with Crippen LogP contribution in [0.1, 0.15) is 0 Å². The van der Waals surface area contributed by atoms with Crippen LogP contribution in [0.4, 0.5) is 0 Å². The van der Waals surface area contributed by atoms with E-state index in [4.69, 9.17) is 9.68 Å². The molecule has 0 amide bonds. The smallest absolute Gasteiger partial charge is 0.537 e. The molecular weight excluding hydrogens is 215 g/mol. The van der Waals surface area contributed by atoms with Crippen molar-refractivity contribution in [2.75, 3.05) is 0 Å². The van der Waals surface area contributed by atoms with E-state index in [9.17, 15) is 0 Å². The monoisotopic (exact) mass is 223 g/mol. The third-order valence-corrected chi connectivity index (χ3v) is 2.62. The Kier molecular flexibility index (Phi) is 2.38. The predicted molar refractivity (Wildman–Crippen MR) is 65.6 cm³/mol. The van der Waals surface area contributed by atoms with E-state index < -0.39 is 0 Å². The Morgan fingerprint density at radius 1 is 1.00 bits per heavy atom. The number of hydrogen-bond donors (Lipinski definition) is 1. The second-order valence-corrected chi connectivity index (χ2v) is 3.57. The fourth-order valence-corrected chi connectivity index (χ4v) is 1.89. The molecule has 81 valence electrons. The largest absolute Gasteiger partial charge is 0.569 e. The third-order valence-electron chi connectivity index (χ3n) is 2.62. The zero-order chi connectivity index (χ0) is 11.7. The molecule has 0 saturated heterocycles. The summed E-state index contributed by atoms with van der Waals surface area (Å²) in [5.74, 6) is 0.560. The predicted octanol–water partition coefficient (Wildman–Crippen LogP) is 1.69. The Morgan fingerprint density at radius 3 is 2.76 bits per heavy atom. The van der Waals surface area contributed by atoms with E-state index in [1.807, 2.05) is 24.3 Å². The summed E-state index contributed by atoms with van der Waals surface area (Å²) in [7, 11) is 0.664. The van der Waals surface area contributed by atoms with Crippen LogP contribution in [0.15, 0.2) is 42.7 Å². The molecule has 1 N–H and O–H groups in total. The maximum absolute atomic E-state index is 8.71. The van der Waals surface area contributed by atoms with E-state index in [1.54, 1.807) is 18.5 Å². The minimum atomic E-state index is 0.560. The van der Waals surface area contributed by atoms with Gasteiger partial charge in [-0.2, -0.15) is 0 Å². The topological polar surface area (TPSA) is 55.2 Å². The highest BCUT2D eigenvalue weighted by molar-refractivity contribution is 6.18. The second-order valence-electron chi connectivity index (χ2n) is 3.57. The summed E-state index contributed by atoms with van der Waals surface area (Å²) >= 11 is 0. The fraction of sp³-hybridized carbons (Fsp3) is 0. The lowest BCUT2D eigenvalue weighted by Gasteiger charge is -2.07. The van der Waals surface area contributed by atoms with Gasteiger partial charge in [0.2, 0.25) is 0 Å². The maximum Gasteiger partial charge on any atom is 0.569 e. The number of fused-ring (bicyclic) bond motifs is 3. The molecule has 17 heavy (non-hydrogen) atoms. The Morgan fingerprint density at radius 2 is 1.88 bits per heavy atom. The highest BCUT2D eigenvalue weighted by atomic mass is 16.5. The van der Waals surface area contributed by atoms with Crippen molar-refractivity contribution in [3.05, 3.63) is 42.7 Å². The van der Waals surface area contributed by atoms with E-state index in [0.29, 0.717) is 13.4 Å². The van der Waals surface area contributed by atoms with Gasteiger partial charge in [-0.25, -0.2) is 0 Å². The molecule has 2 heterocycles. The highest BCUT2D eigenvalue weighted by Crippen LogP contribution is 2.28. The molecule has 3 rings (SSSR count). The summed E-state index contributed by atoms with van der Waals surface area (Å²) in [5.41, 5.74) is 1.59. The molecular formula is C12H8BN2O2. The van der Waals surface area contributed by atoms with Crippen LogP contribution in [0.2, 0.25) is 0 Å². The van der Waals surface area contributed by atoms with Crippen molar-refractivity contribution >= 4 is 29.5 Å². The first-order valence-electron chi connectivity index (χ1n) is 5.15. The van der Waals surface area contributed by atoms with E-state index in [2.05, 4.69) is 9.97 Å². The van der Waals surface area contributed by atoms with Crippen LogP contribution in [0.3, 0.4) is 0 Å². The van der Waals surface area contributed by atoms with Crippen molar-refractivity contribution in [1.29, 1.82) is 0 Å². The minimum absolute atomic E-state index is 0.560. The van der Waals surface area contributed by atoms with Crippen LogP contribution in [0.5, 0.6) is 5.75 Å². The highest BCUT2D eigenvalue weighted by Gasteiger charge is 2.07. The average Bonchev–Trinajstić information content (AvgIpc) is 2.39. The lowest BCUT2D eigenvalue weighted by molar-refractivity contribution is 0.456. The molecule has 5 heteroatoms. The molecule has 4 nitrogen and oxygen atoms in total. The molecule has 2 aromatic heterocycles. The molecule has 0 aliphatic carbocycles. The number of benzene rings is 1. The molecule has 0 aliphatic heterocycles. The van der Waals surface area contributed by atoms with E-state index in [-0.39, 0.29) is 0 Å². The molecule has 0 aliphatic rings. The van der Waals surface area contributed by atoms with Crippen LogP contribution in [0, 0.1) is 0 Å². The zero-order valence-electron chi connectivity index (χ0n) is 8.87. The Labute approximate surface area is 98.2 Å². The molecule has 0 spiro atoms. The molecule has 0 atom stereocenters. The van der Waals surface area contributed by atoms with Crippen LogP contribution < -0.4 is 4.65 Å². The maximum atomic E-state index is 8.71. The molecule has 0 saturated carbocycles. The first kappa shape index (κ1) is 10.0. The Balaban J connectivity index is 2.40. The normalized spacial score (nSPS) is 10.6. The summed E-state index contributed by atoms with van der Waals surface area (Å²) < 4.78 is 5.03. The first-order chi connectivity index (χ1) is 8.40. The van der Waals surface area contributed by atoms with Gasteiger partial charge >= 0.3 is 7.69 Å². The van der Waals surface area contributed by atoms with Crippen molar-refractivity contribution in [2.45, 2.75) is 0 Å². The number of aromatic nitrogens is 2. The number of nitrogens with zero attached hydrogens (tertiary/aromatic N) is 2. The van der Waals surface area contributed by atoms with Gasteiger partial charge in [-0.15, -0.1) is 0 Å². The van der Waals surface area contributed by atoms with Gasteiger partial charge in [0.15, 0.2) is 0 Å². The van der Waals surface area contributed by atoms with Gasteiger partial charge in [0.05, 0.1) is 5.52 Å². The average molecular weight is 223 g/mol. The molecule has 3 aromatic rings. The summed E-state index contributed by atoms with van der Waals surface area (Å²) in [6.07, 6.45) is 3.37. The van der Waals surface area contributed by atoms with Gasteiger partial charge in [0.1, 0.15) is 11.3 Å². The molecule has 1 radical (unpaired) electrons. The van der Waals surface area contributed by atoms with Gasteiger partial charge in [-0.3, -0.25) is 9.97 Å². The van der Waals surface area contributed by atoms with Gasteiger partial charge in [0, 0.05) is 23.2 Å². The number of hydrogen-bond acceptors (Lipinski definition) is 4. The van der Waals surface area contributed by atoms with E-state index >= 15 is 0 Å². The van der Waals surface area contributed by atoms with E-state index in [0.717, 1.165) is 21.8 Å². The van der Waals surface area contributed by atoms with Crippen molar-refractivity contribution in [1.82, 2.24) is 9.97 Å². The molecule has 0 fully saturated rings. The van der Waals surface area contributed by atoms with Crippen LogP contribution in [-0.2, 0) is 0 Å². The van der Waals surface area contributed by atoms with Gasteiger partial charge < -0.3 is 9.68 Å². The SMILES string of the molecule is O[B]Oc1ccnc2c1ccc1cccnc12. The second kappa shape index (κ2) is 4.03. The Bertz CT molecular complexity index is 687. The minimum Gasteiger partial charge on any atom is -0.537 e. The lowest BCUT2D eigenvalue weighted by atomic mass is 10.1. The third kappa shape index (κ3) is 1.61. The van der Waals surface area contributed by atoms with Crippen molar-refractivity contribution in [2.24, 2.45) is 0 Å².